The van der Waals surface area contributed by atoms with Crippen molar-refractivity contribution in [3.8, 4) is 0 Å². The SMILES string of the molecule is CCCNC(=O)CNC(=NCc1ccc(Cl)cc1)NCC.I. The fraction of sp³-hybridized carbons (Fsp3) is 0.467. The van der Waals surface area contributed by atoms with Crippen molar-refractivity contribution >= 4 is 47.4 Å². The van der Waals surface area contributed by atoms with Crippen molar-refractivity contribution in [1.29, 1.82) is 0 Å². The van der Waals surface area contributed by atoms with Crippen molar-refractivity contribution < 1.29 is 4.79 Å². The molecule has 0 fully saturated rings. The molecule has 1 aromatic rings. The fourth-order valence-corrected chi connectivity index (χ4v) is 1.72. The lowest BCUT2D eigenvalue weighted by Gasteiger charge is -2.11. The molecule has 3 N–H and O–H groups in total. The van der Waals surface area contributed by atoms with Crippen molar-refractivity contribution in [1.82, 2.24) is 16.0 Å². The Labute approximate surface area is 154 Å². The van der Waals surface area contributed by atoms with E-state index in [2.05, 4.69) is 20.9 Å². The molecule has 7 heteroatoms. The first-order chi connectivity index (χ1) is 10.2. The molecular weight excluding hydrogens is 415 g/mol. The summed E-state index contributed by atoms with van der Waals surface area (Å²) in [7, 11) is 0. The number of rotatable bonds is 7. The Kier molecular flexibility index (Phi) is 11.9. The normalized spacial score (nSPS) is 10.6. The van der Waals surface area contributed by atoms with E-state index < -0.39 is 0 Å². The van der Waals surface area contributed by atoms with Gasteiger partial charge in [-0.25, -0.2) is 4.99 Å². The molecule has 0 aromatic heterocycles. The van der Waals surface area contributed by atoms with Crippen LogP contribution in [0.4, 0.5) is 0 Å². The zero-order valence-corrected chi connectivity index (χ0v) is 16.1. The molecule has 1 aromatic carbocycles. The van der Waals surface area contributed by atoms with Gasteiger partial charge in [-0.3, -0.25) is 4.79 Å². The zero-order valence-electron chi connectivity index (χ0n) is 13.0. The molecule has 0 heterocycles. The smallest absolute Gasteiger partial charge is 0.239 e. The molecule has 22 heavy (non-hydrogen) atoms. The lowest BCUT2D eigenvalue weighted by atomic mass is 10.2. The van der Waals surface area contributed by atoms with Crippen molar-refractivity contribution in [2.45, 2.75) is 26.8 Å². The third kappa shape index (κ3) is 9.09. The predicted octanol–water partition coefficient (Wildman–Crippen LogP) is 2.54. The number of carbonyl (C=O) groups excluding carboxylic acids is 1. The highest BCUT2D eigenvalue weighted by Crippen LogP contribution is 2.09. The average molecular weight is 439 g/mol. The molecule has 0 aliphatic rings. The Morgan fingerprint density at radius 3 is 2.41 bits per heavy atom. The average Bonchev–Trinajstić information content (AvgIpc) is 2.49. The highest BCUT2D eigenvalue weighted by Gasteiger charge is 2.02. The number of benzene rings is 1. The molecule has 0 radical (unpaired) electrons. The third-order valence-corrected chi connectivity index (χ3v) is 2.92. The van der Waals surface area contributed by atoms with Gasteiger partial charge < -0.3 is 16.0 Å². The molecule has 0 saturated carbocycles. The van der Waals surface area contributed by atoms with E-state index in [0.29, 0.717) is 24.1 Å². The fourth-order valence-electron chi connectivity index (χ4n) is 1.59. The number of hydrogen-bond acceptors (Lipinski definition) is 2. The maximum atomic E-state index is 11.6. The summed E-state index contributed by atoms with van der Waals surface area (Å²) in [5, 5.41) is 9.64. The maximum absolute atomic E-state index is 11.6. The van der Waals surface area contributed by atoms with Crippen molar-refractivity contribution in [2.24, 2.45) is 4.99 Å². The van der Waals surface area contributed by atoms with Gasteiger partial charge in [-0.2, -0.15) is 0 Å². The molecule has 0 unspecified atom stereocenters. The van der Waals surface area contributed by atoms with E-state index >= 15 is 0 Å². The first-order valence-corrected chi connectivity index (χ1v) is 7.56. The van der Waals surface area contributed by atoms with Crippen LogP contribution in [0, 0.1) is 0 Å². The molecule has 1 amide bonds. The van der Waals surface area contributed by atoms with Gasteiger partial charge in [0.1, 0.15) is 0 Å². The second-order valence-corrected chi connectivity index (χ2v) is 4.96. The summed E-state index contributed by atoms with van der Waals surface area (Å²) in [5.41, 5.74) is 1.06. The molecule has 124 valence electrons. The summed E-state index contributed by atoms with van der Waals surface area (Å²) in [5.74, 6) is 0.591. The molecule has 0 bridgehead atoms. The first kappa shape index (κ1) is 21.0. The van der Waals surface area contributed by atoms with Gasteiger partial charge in [0.15, 0.2) is 5.96 Å². The number of nitrogens with one attached hydrogen (secondary N) is 3. The molecular formula is C15H24ClIN4O. The minimum atomic E-state index is -0.0334. The van der Waals surface area contributed by atoms with E-state index in [1.165, 1.54) is 0 Å². The highest BCUT2D eigenvalue weighted by atomic mass is 127. The summed E-state index contributed by atoms with van der Waals surface area (Å²) >= 11 is 5.85. The van der Waals surface area contributed by atoms with Crippen LogP contribution >= 0.6 is 35.6 Å². The second-order valence-electron chi connectivity index (χ2n) is 4.53. The number of aliphatic imine (C=N–C) groups is 1. The number of carbonyl (C=O) groups is 1. The summed E-state index contributed by atoms with van der Waals surface area (Å²) < 4.78 is 0. The lowest BCUT2D eigenvalue weighted by molar-refractivity contribution is -0.120. The molecule has 0 atom stereocenters. The van der Waals surface area contributed by atoms with Gasteiger partial charge in [-0.1, -0.05) is 30.7 Å². The zero-order chi connectivity index (χ0) is 15.5. The Morgan fingerprint density at radius 1 is 1.14 bits per heavy atom. The summed E-state index contributed by atoms with van der Waals surface area (Å²) in [6, 6.07) is 7.54. The van der Waals surface area contributed by atoms with Crippen LogP contribution < -0.4 is 16.0 Å². The van der Waals surface area contributed by atoms with Crippen LogP contribution in [-0.4, -0.2) is 31.5 Å². The Morgan fingerprint density at radius 2 is 1.82 bits per heavy atom. The van der Waals surface area contributed by atoms with E-state index in [9.17, 15) is 4.79 Å². The molecule has 0 saturated heterocycles. The van der Waals surface area contributed by atoms with E-state index in [1.807, 2.05) is 38.1 Å². The lowest BCUT2D eigenvalue weighted by Crippen LogP contribution is -2.43. The highest BCUT2D eigenvalue weighted by molar-refractivity contribution is 14.0. The van der Waals surface area contributed by atoms with Gasteiger partial charge in [-0.05, 0) is 31.0 Å². The van der Waals surface area contributed by atoms with Gasteiger partial charge in [0, 0.05) is 18.1 Å². The van der Waals surface area contributed by atoms with Crippen LogP contribution in [0.15, 0.2) is 29.3 Å². The molecule has 0 spiro atoms. The minimum Gasteiger partial charge on any atom is -0.357 e. The minimum absolute atomic E-state index is 0. The van der Waals surface area contributed by atoms with E-state index in [-0.39, 0.29) is 36.4 Å². The predicted molar refractivity (Wildman–Crippen MR) is 103 cm³/mol. The summed E-state index contributed by atoms with van der Waals surface area (Å²) in [6.07, 6.45) is 0.927. The second kappa shape index (κ2) is 12.5. The van der Waals surface area contributed by atoms with E-state index in [0.717, 1.165) is 18.5 Å². The molecule has 0 aliphatic heterocycles. The largest absolute Gasteiger partial charge is 0.357 e. The topological polar surface area (TPSA) is 65.5 Å². The quantitative estimate of drug-likeness (QED) is 0.348. The van der Waals surface area contributed by atoms with Crippen LogP contribution in [0.3, 0.4) is 0 Å². The van der Waals surface area contributed by atoms with Crippen LogP contribution in [0.5, 0.6) is 0 Å². The Bertz CT molecular complexity index is 465. The van der Waals surface area contributed by atoms with Crippen molar-refractivity contribution in [3.05, 3.63) is 34.9 Å². The van der Waals surface area contributed by atoms with E-state index in [4.69, 9.17) is 11.6 Å². The summed E-state index contributed by atoms with van der Waals surface area (Å²) in [4.78, 5) is 16.0. The standard InChI is InChI=1S/C15H23ClN4O.HI/c1-3-9-18-14(21)11-20-15(17-4-2)19-10-12-5-7-13(16)8-6-12;/h5-8H,3-4,9-11H2,1-2H3,(H,18,21)(H2,17,19,20);1H. The number of halogens is 2. The third-order valence-electron chi connectivity index (χ3n) is 2.67. The molecule has 5 nitrogen and oxygen atoms in total. The summed E-state index contributed by atoms with van der Waals surface area (Å²) in [6.45, 7) is 6.18. The molecule has 0 aliphatic carbocycles. The van der Waals surface area contributed by atoms with Gasteiger partial charge >= 0.3 is 0 Å². The number of guanidine groups is 1. The van der Waals surface area contributed by atoms with Gasteiger partial charge in [0.2, 0.25) is 5.91 Å². The monoisotopic (exact) mass is 438 g/mol. The van der Waals surface area contributed by atoms with E-state index in [1.54, 1.807) is 0 Å². The molecule has 1 rings (SSSR count). The van der Waals surface area contributed by atoms with Gasteiger partial charge in [0.05, 0.1) is 13.1 Å². The number of nitrogens with zero attached hydrogens (tertiary/aromatic N) is 1. The first-order valence-electron chi connectivity index (χ1n) is 7.19. The Balaban J connectivity index is 0.00000441. The van der Waals surface area contributed by atoms with Crippen molar-refractivity contribution in [3.63, 3.8) is 0 Å². The van der Waals surface area contributed by atoms with Crippen LogP contribution in [0.1, 0.15) is 25.8 Å². The van der Waals surface area contributed by atoms with Gasteiger partial charge in [0.25, 0.3) is 0 Å². The van der Waals surface area contributed by atoms with Gasteiger partial charge in [-0.15, -0.1) is 24.0 Å². The number of hydrogen-bond donors (Lipinski definition) is 3. The Hall–Kier alpha value is -1.02. The maximum Gasteiger partial charge on any atom is 0.239 e. The van der Waals surface area contributed by atoms with Crippen molar-refractivity contribution in [2.75, 3.05) is 19.6 Å². The number of amides is 1. The van der Waals surface area contributed by atoms with Crippen LogP contribution in [0.2, 0.25) is 5.02 Å². The van der Waals surface area contributed by atoms with Crippen LogP contribution in [-0.2, 0) is 11.3 Å². The van der Waals surface area contributed by atoms with Crippen LogP contribution in [0.25, 0.3) is 0 Å².